The van der Waals surface area contributed by atoms with Crippen molar-refractivity contribution in [3.8, 4) is 6.07 Å². The van der Waals surface area contributed by atoms with Gasteiger partial charge >= 0.3 is 6.18 Å². The SMILES string of the molecule is CC1(C)C(=O)N(c2ccc(C#N)c(C(F)(F)F)c2)C(=S)N1CCOCCOCCNC(=O)CC12CC3CC(CC(C3)C1)C2. The van der Waals surface area contributed by atoms with Gasteiger partial charge in [-0.1, -0.05) is 0 Å². The lowest BCUT2D eigenvalue weighted by atomic mass is 9.49. The second-order valence-corrected chi connectivity index (χ2v) is 13.5. The molecular formula is C31H39F3N4O4S. The molecule has 1 N–H and O–H groups in total. The Morgan fingerprint density at radius 2 is 1.67 bits per heavy atom. The fourth-order valence-electron chi connectivity index (χ4n) is 8.09. The van der Waals surface area contributed by atoms with Gasteiger partial charge in [0.05, 0.1) is 49.3 Å². The molecular weight excluding hydrogens is 581 g/mol. The number of rotatable bonds is 12. The predicted octanol–water partition coefficient (Wildman–Crippen LogP) is 5.05. The number of thiocarbonyl (C=S) groups is 1. The molecule has 0 atom stereocenters. The average molecular weight is 621 g/mol. The van der Waals surface area contributed by atoms with Crippen LogP contribution < -0.4 is 10.2 Å². The van der Waals surface area contributed by atoms with Crippen LogP contribution in [0.15, 0.2) is 18.2 Å². The molecule has 0 spiro atoms. The minimum Gasteiger partial charge on any atom is -0.377 e. The smallest absolute Gasteiger partial charge is 0.377 e. The van der Waals surface area contributed by atoms with Crippen LogP contribution in [0.3, 0.4) is 0 Å². The van der Waals surface area contributed by atoms with Gasteiger partial charge in [0, 0.05) is 19.5 Å². The maximum Gasteiger partial charge on any atom is 0.417 e. The van der Waals surface area contributed by atoms with Gasteiger partial charge in [-0.2, -0.15) is 18.4 Å². The lowest BCUT2D eigenvalue weighted by Gasteiger charge is -2.56. The summed E-state index contributed by atoms with van der Waals surface area (Å²) in [5, 5.41) is 12.2. The van der Waals surface area contributed by atoms with Crippen molar-refractivity contribution < 1.29 is 32.2 Å². The van der Waals surface area contributed by atoms with Crippen molar-refractivity contribution in [1.82, 2.24) is 10.2 Å². The normalized spacial score (nSPS) is 27.6. The highest BCUT2D eigenvalue weighted by molar-refractivity contribution is 7.80. The maximum absolute atomic E-state index is 13.5. The molecule has 0 unspecified atom stereocenters. The number of alkyl halides is 3. The average Bonchev–Trinajstić information content (AvgIpc) is 3.08. The number of hydrogen-bond donors (Lipinski definition) is 1. The Hall–Kier alpha value is -2.75. The summed E-state index contributed by atoms with van der Waals surface area (Å²) in [5.41, 5.74) is -2.57. The van der Waals surface area contributed by atoms with Gasteiger partial charge in [0.2, 0.25) is 5.91 Å². The molecule has 8 nitrogen and oxygen atoms in total. The van der Waals surface area contributed by atoms with E-state index in [4.69, 9.17) is 27.0 Å². The molecule has 0 aromatic heterocycles. The van der Waals surface area contributed by atoms with Crippen molar-refractivity contribution in [3.05, 3.63) is 29.3 Å². The highest BCUT2D eigenvalue weighted by atomic mass is 32.1. The van der Waals surface area contributed by atoms with Gasteiger partial charge < -0.3 is 19.7 Å². The molecule has 12 heteroatoms. The Balaban J connectivity index is 1.01. The topological polar surface area (TPSA) is 94.9 Å². The molecule has 4 saturated carbocycles. The molecule has 1 aliphatic heterocycles. The van der Waals surface area contributed by atoms with Gasteiger partial charge in [0.15, 0.2) is 5.11 Å². The van der Waals surface area contributed by atoms with Crippen LogP contribution in [-0.4, -0.2) is 66.9 Å². The third-order valence-corrected chi connectivity index (χ3v) is 10.0. The van der Waals surface area contributed by atoms with Crippen molar-refractivity contribution in [1.29, 1.82) is 5.26 Å². The van der Waals surface area contributed by atoms with Crippen LogP contribution in [0.4, 0.5) is 18.9 Å². The Kier molecular flexibility index (Phi) is 9.08. The van der Waals surface area contributed by atoms with Crippen molar-refractivity contribution >= 4 is 34.8 Å². The molecule has 1 heterocycles. The highest BCUT2D eigenvalue weighted by Crippen LogP contribution is 2.61. The number of anilines is 1. The molecule has 4 aliphatic carbocycles. The largest absolute Gasteiger partial charge is 0.417 e. The van der Waals surface area contributed by atoms with Crippen molar-refractivity contribution in [2.75, 3.05) is 44.4 Å². The number of halogens is 3. The van der Waals surface area contributed by atoms with Crippen LogP contribution in [-0.2, 0) is 25.2 Å². The lowest BCUT2D eigenvalue weighted by molar-refractivity contribution is -0.137. The fourth-order valence-corrected chi connectivity index (χ4v) is 8.60. The first kappa shape index (κ1) is 31.7. The second-order valence-electron chi connectivity index (χ2n) is 13.1. The van der Waals surface area contributed by atoms with E-state index in [0.29, 0.717) is 32.8 Å². The number of carbonyl (C=O) groups is 2. The maximum atomic E-state index is 13.5. The first-order chi connectivity index (χ1) is 20.3. The number of nitrogens with zero attached hydrogens (tertiary/aromatic N) is 3. The third-order valence-electron chi connectivity index (χ3n) is 9.61. The summed E-state index contributed by atoms with van der Waals surface area (Å²) in [6.07, 6.45) is 3.58. The first-order valence-electron chi connectivity index (χ1n) is 15.0. The molecule has 1 aromatic carbocycles. The number of nitriles is 1. The van der Waals surface area contributed by atoms with Crippen molar-refractivity contribution in [2.24, 2.45) is 23.2 Å². The first-order valence-corrected chi connectivity index (χ1v) is 15.4. The summed E-state index contributed by atoms with van der Waals surface area (Å²) in [4.78, 5) is 28.5. The van der Waals surface area contributed by atoms with Gasteiger partial charge in [-0.3, -0.25) is 14.5 Å². The number of amides is 2. The van der Waals surface area contributed by atoms with Crippen LogP contribution >= 0.6 is 12.2 Å². The Labute approximate surface area is 255 Å². The zero-order chi connectivity index (χ0) is 31.0. The zero-order valence-corrected chi connectivity index (χ0v) is 25.5. The number of carbonyl (C=O) groups excluding carboxylic acids is 2. The number of benzene rings is 1. The van der Waals surface area contributed by atoms with Gasteiger partial charge in [-0.15, -0.1) is 0 Å². The van der Waals surface area contributed by atoms with E-state index in [1.165, 1.54) is 44.6 Å². The van der Waals surface area contributed by atoms with E-state index in [1.54, 1.807) is 24.8 Å². The van der Waals surface area contributed by atoms with Gasteiger partial charge in [0.1, 0.15) is 5.54 Å². The van der Waals surface area contributed by atoms with Crippen LogP contribution in [0.25, 0.3) is 0 Å². The molecule has 1 aromatic rings. The number of ether oxygens (including phenoxy) is 2. The minimum absolute atomic E-state index is 0.0451. The number of nitrogens with one attached hydrogen (secondary N) is 1. The predicted molar refractivity (Wildman–Crippen MR) is 157 cm³/mol. The molecule has 1 saturated heterocycles. The quantitative estimate of drug-likeness (QED) is 0.258. The van der Waals surface area contributed by atoms with E-state index in [-0.39, 0.29) is 35.3 Å². The lowest BCUT2D eigenvalue weighted by Crippen LogP contribution is -2.48. The molecule has 6 rings (SSSR count). The highest BCUT2D eigenvalue weighted by Gasteiger charge is 2.52. The molecule has 5 aliphatic rings. The van der Waals surface area contributed by atoms with E-state index >= 15 is 0 Å². The van der Waals surface area contributed by atoms with Gasteiger partial charge in [0.25, 0.3) is 5.91 Å². The summed E-state index contributed by atoms with van der Waals surface area (Å²) in [6.45, 7) is 5.22. The fraction of sp³-hybridized carbons (Fsp3) is 0.677. The summed E-state index contributed by atoms with van der Waals surface area (Å²) in [5.74, 6) is 2.11. The molecule has 43 heavy (non-hydrogen) atoms. The molecule has 234 valence electrons. The van der Waals surface area contributed by atoms with E-state index in [2.05, 4.69) is 5.32 Å². The standard InChI is InChI=1S/C31H39F3N4O4S/c1-29(2)27(40)38(24-4-3-23(19-35)25(14-24)31(32,33)34)28(43)37(29)6-8-42-10-9-41-7-5-36-26(39)18-30-15-20-11-21(16-30)13-22(12-20)17-30/h3-4,14,20-22H,5-13,15-18H2,1-2H3,(H,36,39). The van der Waals surface area contributed by atoms with E-state index < -0.39 is 28.7 Å². The Morgan fingerprint density at radius 3 is 2.26 bits per heavy atom. The van der Waals surface area contributed by atoms with Crippen LogP contribution in [0.1, 0.15) is 69.9 Å². The van der Waals surface area contributed by atoms with Gasteiger partial charge in [-0.25, -0.2) is 0 Å². The van der Waals surface area contributed by atoms with Crippen LogP contribution in [0.2, 0.25) is 0 Å². The van der Waals surface area contributed by atoms with Crippen LogP contribution in [0, 0.1) is 34.5 Å². The minimum atomic E-state index is -4.75. The van der Waals surface area contributed by atoms with Crippen molar-refractivity contribution in [3.63, 3.8) is 0 Å². The van der Waals surface area contributed by atoms with Crippen LogP contribution in [0.5, 0.6) is 0 Å². The van der Waals surface area contributed by atoms with E-state index in [9.17, 15) is 22.8 Å². The van der Waals surface area contributed by atoms with Crippen molar-refractivity contribution in [2.45, 2.75) is 70.5 Å². The monoisotopic (exact) mass is 620 g/mol. The number of hydrogen-bond acceptors (Lipinski definition) is 6. The van der Waals surface area contributed by atoms with E-state index in [0.717, 1.165) is 34.8 Å². The summed E-state index contributed by atoms with van der Waals surface area (Å²) in [7, 11) is 0. The second kappa shape index (κ2) is 12.3. The molecule has 4 bridgehead atoms. The Morgan fingerprint density at radius 1 is 1.07 bits per heavy atom. The summed E-state index contributed by atoms with van der Waals surface area (Å²) >= 11 is 5.49. The third kappa shape index (κ3) is 6.69. The Bertz CT molecular complexity index is 1260. The summed E-state index contributed by atoms with van der Waals surface area (Å²) < 4.78 is 51.8. The molecule has 5 fully saturated rings. The van der Waals surface area contributed by atoms with Gasteiger partial charge in [-0.05, 0) is 106 Å². The molecule has 2 amide bonds. The van der Waals surface area contributed by atoms with E-state index in [1.807, 2.05) is 0 Å². The molecule has 0 radical (unpaired) electrons. The summed E-state index contributed by atoms with van der Waals surface area (Å²) in [6, 6.07) is 4.65. The zero-order valence-electron chi connectivity index (χ0n) is 24.7.